The van der Waals surface area contributed by atoms with Gasteiger partial charge in [0, 0.05) is 35.5 Å². The van der Waals surface area contributed by atoms with Gasteiger partial charge in [0.25, 0.3) is 0 Å². The van der Waals surface area contributed by atoms with Crippen molar-refractivity contribution in [2.75, 3.05) is 24.9 Å². The fraction of sp³-hybridized carbons (Fsp3) is 0.286. The number of hydrogen-bond acceptors (Lipinski definition) is 3. The molecule has 0 unspecified atom stereocenters. The van der Waals surface area contributed by atoms with Crippen molar-refractivity contribution in [1.29, 1.82) is 0 Å². The fourth-order valence-corrected chi connectivity index (χ4v) is 2.85. The summed E-state index contributed by atoms with van der Waals surface area (Å²) in [6, 6.07) is 7.47. The van der Waals surface area contributed by atoms with E-state index < -0.39 is 0 Å². The number of phenols is 1. The van der Waals surface area contributed by atoms with E-state index in [1.807, 2.05) is 18.2 Å². The van der Waals surface area contributed by atoms with Gasteiger partial charge in [-0.05, 0) is 29.1 Å². The Morgan fingerprint density at radius 2 is 2.22 bits per heavy atom. The van der Waals surface area contributed by atoms with Gasteiger partial charge in [-0.2, -0.15) is 0 Å². The highest BCUT2D eigenvalue weighted by Gasteiger charge is 2.25. The molecule has 2 aromatic carbocycles. The molecule has 0 fully saturated rings. The first-order chi connectivity index (χ1) is 8.74. The van der Waals surface area contributed by atoms with E-state index in [0.29, 0.717) is 5.88 Å². The number of aromatic hydroxyl groups is 1. The second-order valence-corrected chi connectivity index (χ2v) is 4.81. The number of ether oxygens (including phenoxy) is 1. The van der Waals surface area contributed by atoms with Gasteiger partial charge in [-0.1, -0.05) is 0 Å². The van der Waals surface area contributed by atoms with Crippen molar-refractivity contribution < 1.29 is 9.84 Å². The summed E-state index contributed by atoms with van der Waals surface area (Å²) >= 11 is 6.02. The zero-order valence-electron chi connectivity index (χ0n) is 10.0. The molecular formula is C14H14ClNO2. The highest BCUT2D eigenvalue weighted by atomic mass is 35.5. The number of methoxy groups -OCH3 is 1. The molecule has 0 radical (unpaired) electrons. The summed E-state index contributed by atoms with van der Waals surface area (Å²) in [6.07, 6.45) is 0. The Morgan fingerprint density at radius 1 is 1.39 bits per heavy atom. The second kappa shape index (κ2) is 4.25. The SMILES string of the molecule is COc1ccc2c(O)cc3c(c2c1)[C@H](CCl)CN3. The summed E-state index contributed by atoms with van der Waals surface area (Å²) in [4.78, 5) is 0. The van der Waals surface area contributed by atoms with Crippen molar-refractivity contribution >= 4 is 28.1 Å². The standard InChI is InChI=1S/C14H14ClNO2/c1-18-9-2-3-10-11(4-9)14-8(6-15)7-16-12(14)5-13(10)17/h2-5,8,16-17H,6-7H2,1H3/t8-/m1/s1. The molecule has 0 bridgehead atoms. The number of anilines is 1. The van der Waals surface area contributed by atoms with Crippen LogP contribution in [0.3, 0.4) is 0 Å². The van der Waals surface area contributed by atoms with E-state index in [0.717, 1.165) is 28.8 Å². The van der Waals surface area contributed by atoms with Gasteiger partial charge in [0.1, 0.15) is 11.5 Å². The van der Waals surface area contributed by atoms with Crippen LogP contribution in [0, 0.1) is 0 Å². The van der Waals surface area contributed by atoms with Crippen LogP contribution in [0.15, 0.2) is 24.3 Å². The Bertz CT molecular complexity index is 612. The normalized spacial score (nSPS) is 17.6. The molecule has 1 aliphatic heterocycles. The van der Waals surface area contributed by atoms with Crippen molar-refractivity contribution in [3.63, 3.8) is 0 Å². The zero-order valence-corrected chi connectivity index (χ0v) is 10.8. The van der Waals surface area contributed by atoms with E-state index >= 15 is 0 Å². The lowest BCUT2D eigenvalue weighted by Gasteiger charge is -2.12. The summed E-state index contributed by atoms with van der Waals surface area (Å²) in [5, 5.41) is 15.2. The van der Waals surface area contributed by atoms with Gasteiger partial charge < -0.3 is 15.2 Å². The van der Waals surface area contributed by atoms with Crippen molar-refractivity contribution in [2.45, 2.75) is 5.92 Å². The van der Waals surface area contributed by atoms with E-state index in [9.17, 15) is 5.11 Å². The first-order valence-electron chi connectivity index (χ1n) is 5.88. The first-order valence-corrected chi connectivity index (χ1v) is 6.41. The summed E-state index contributed by atoms with van der Waals surface area (Å²) < 4.78 is 5.26. The Hall–Kier alpha value is -1.61. The third kappa shape index (κ3) is 1.58. The average molecular weight is 264 g/mol. The summed E-state index contributed by atoms with van der Waals surface area (Å²) in [7, 11) is 1.64. The zero-order chi connectivity index (χ0) is 12.7. The van der Waals surface area contributed by atoms with Crippen LogP contribution < -0.4 is 10.1 Å². The van der Waals surface area contributed by atoms with Crippen LogP contribution in [-0.2, 0) is 0 Å². The van der Waals surface area contributed by atoms with Gasteiger partial charge in [-0.3, -0.25) is 0 Å². The second-order valence-electron chi connectivity index (χ2n) is 4.50. The smallest absolute Gasteiger partial charge is 0.125 e. The van der Waals surface area contributed by atoms with Gasteiger partial charge in [0.15, 0.2) is 0 Å². The quantitative estimate of drug-likeness (QED) is 0.817. The van der Waals surface area contributed by atoms with Gasteiger partial charge >= 0.3 is 0 Å². The molecule has 3 rings (SSSR count). The number of nitrogens with one attached hydrogen (secondary N) is 1. The molecule has 2 aromatic rings. The van der Waals surface area contributed by atoms with E-state index in [-0.39, 0.29) is 11.7 Å². The van der Waals surface area contributed by atoms with Crippen molar-refractivity contribution in [3.05, 3.63) is 29.8 Å². The van der Waals surface area contributed by atoms with E-state index in [2.05, 4.69) is 5.32 Å². The van der Waals surface area contributed by atoms with E-state index in [1.165, 1.54) is 5.56 Å². The van der Waals surface area contributed by atoms with Crippen molar-refractivity contribution in [2.24, 2.45) is 0 Å². The molecule has 4 heteroatoms. The minimum atomic E-state index is 0.275. The molecule has 2 N–H and O–H groups in total. The number of fused-ring (bicyclic) bond motifs is 3. The molecule has 1 heterocycles. The van der Waals surface area contributed by atoms with Crippen LogP contribution in [0.1, 0.15) is 11.5 Å². The molecule has 0 aromatic heterocycles. The molecular weight excluding hydrogens is 250 g/mol. The monoisotopic (exact) mass is 263 g/mol. The molecule has 94 valence electrons. The van der Waals surface area contributed by atoms with Crippen molar-refractivity contribution in [1.82, 2.24) is 0 Å². The van der Waals surface area contributed by atoms with E-state index in [4.69, 9.17) is 16.3 Å². The summed E-state index contributed by atoms with van der Waals surface area (Å²) in [5.74, 6) is 1.92. The third-order valence-electron chi connectivity index (χ3n) is 3.50. The minimum absolute atomic E-state index is 0.275. The predicted octanol–water partition coefficient (Wildman–Crippen LogP) is 3.30. The Kier molecular flexibility index (Phi) is 2.71. The van der Waals surface area contributed by atoms with E-state index in [1.54, 1.807) is 13.2 Å². The minimum Gasteiger partial charge on any atom is -0.507 e. The lowest BCUT2D eigenvalue weighted by Crippen LogP contribution is -2.02. The Balaban J connectivity index is 2.34. The number of halogens is 1. The number of hydrogen-bond donors (Lipinski definition) is 2. The maximum Gasteiger partial charge on any atom is 0.125 e. The molecule has 3 nitrogen and oxygen atoms in total. The molecule has 0 aliphatic carbocycles. The van der Waals surface area contributed by atoms with Crippen molar-refractivity contribution in [3.8, 4) is 11.5 Å². The van der Waals surface area contributed by atoms with Crippen LogP contribution in [0.25, 0.3) is 10.8 Å². The molecule has 0 amide bonds. The maximum atomic E-state index is 10.0. The molecule has 0 saturated heterocycles. The van der Waals surface area contributed by atoms with Crippen LogP contribution >= 0.6 is 11.6 Å². The first kappa shape index (κ1) is 11.5. The molecule has 0 spiro atoms. The number of rotatable bonds is 2. The summed E-state index contributed by atoms with van der Waals surface area (Å²) in [6.45, 7) is 0.814. The topological polar surface area (TPSA) is 41.5 Å². The fourth-order valence-electron chi connectivity index (χ4n) is 2.59. The Morgan fingerprint density at radius 3 is 2.94 bits per heavy atom. The highest BCUT2D eigenvalue weighted by Crippen LogP contribution is 2.43. The van der Waals surface area contributed by atoms with Gasteiger partial charge in [0.2, 0.25) is 0 Å². The number of phenolic OH excluding ortho intramolecular Hbond substituents is 1. The lowest BCUT2D eigenvalue weighted by molar-refractivity contribution is 0.415. The van der Waals surface area contributed by atoms with Crippen LogP contribution in [0.2, 0.25) is 0 Å². The molecule has 18 heavy (non-hydrogen) atoms. The lowest BCUT2D eigenvalue weighted by atomic mass is 9.95. The molecule has 1 aliphatic rings. The van der Waals surface area contributed by atoms with Gasteiger partial charge in [-0.15, -0.1) is 11.6 Å². The molecule has 0 saturated carbocycles. The molecule has 1 atom stereocenters. The maximum absolute atomic E-state index is 10.0. The number of benzene rings is 2. The largest absolute Gasteiger partial charge is 0.507 e. The van der Waals surface area contributed by atoms with Crippen LogP contribution in [-0.4, -0.2) is 24.6 Å². The van der Waals surface area contributed by atoms with Gasteiger partial charge in [-0.25, -0.2) is 0 Å². The predicted molar refractivity (Wildman–Crippen MR) is 74.1 cm³/mol. The van der Waals surface area contributed by atoms with Crippen LogP contribution in [0.5, 0.6) is 11.5 Å². The Labute approximate surface area is 110 Å². The highest BCUT2D eigenvalue weighted by molar-refractivity contribution is 6.18. The van der Waals surface area contributed by atoms with Crippen LogP contribution in [0.4, 0.5) is 5.69 Å². The summed E-state index contributed by atoms with van der Waals surface area (Å²) in [5.41, 5.74) is 2.15. The van der Waals surface area contributed by atoms with Gasteiger partial charge in [0.05, 0.1) is 7.11 Å². The number of alkyl halides is 1. The average Bonchev–Trinajstić information content (AvgIpc) is 2.81. The third-order valence-corrected chi connectivity index (χ3v) is 3.87.